The van der Waals surface area contributed by atoms with Crippen LogP contribution in [0.15, 0.2) is 48.5 Å². The number of amides is 3. The van der Waals surface area contributed by atoms with Gasteiger partial charge in [0.15, 0.2) is 0 Å². The van der Waals surface area contributed by atoms with Crippen molar-refractivity contribution in [3.05, 3.63) is 71.0 Å². The molecule has 0 bridgehead atoms. The van der Waals surface area contributed by atoms with Crippen molar-refractivity contribution in [1.29, 1.82) is 0 Å². The number of halogens is 1. The van der Waals surface area contributed by atoms with Crippen molar-refractivity contribution >= 4 is 12.1 Å². The zero-order valence-electron chi connectivity index (χ0n) is 19.1. The fourth-order valence-corrected chi connectivity index (χ4v) is 4.66. The van der Waals surface area contributed by atoms with Crippen molar-refractivity contribution in [2.24, 2.45) is 5.92 Å². The van der Waals surface area contributed by atoms with E-state index >= 15 is 0 Å². The summed E-state index contributed by atoms with van der Waals surface area (Å²) in [7, 11) is 0. The van der Waals surface area contributed by atoms with E-state index in [4.69, 9.17) is 4.74 Å². The van der Waals surface area contributed by atoms with Gasteiger partial charge in [0.1, 0.15) is 5.82 Å². The number of alkyl carbamates (subject to hydrolysis) is 1. The summed E-state index contributed by atoms with van der Waals surface area (Å²) in [6, 6.07) is 14.3. The average molecular weight is 454 g/mol. The van der Waals surface area contributed by atoms with Crippen molar-refractivity contribution < 1.29 is 18.7 Å². The zero-order valence-corrected chi connectivity index (χ0v) is 19.1. The van der Waals surface area contributed by atoms with E-state index in [1.165, 1.54) is 17.7 Å². The van der Waals surface area contributed by atoms with E-state index in [2.05, 4.69) is 23.6 Å². The topological polar surface area (TPSA) is 70.7 Å². The van der Waals surface area contributed by atoms with E-state index in [9.17, 15) is 14.0 Å². The minimum absolute atomic E-state index is 0.0893. The normalized spacial score (nSPS) is 21.5. The molecule has 6 nitrogen and oxygen atoms in total. The molecule has 0 spiro atoms. The third kappa shape index (κ3) is 5.64. The molecule has 33 heavy (non-hydrogen) atoms. The number of benzene rings is 2. The minimum Gasteiger partial charge on any atom is -0.450 e. The number of hydrogen-bond acceptors (Lipinski definition) is 3. The van der Waals surface area contributed by atoms with Crippen LogP contribution in [0.25, 0.3) is 0 Å². The molecule has 1 aliphatic carbocycles. The number of carbonyl (C=O) groups is 2. The highest BCUT2D eigenvalue weighted by atomic mass is 19.1. The van der Waals surface area contributed by atoms with Gasteiger partial charge in [-0.1, -0.05) is 49.7 Å². The van der Waals surface area contributed by atoms with E-state index in [-0.39, 0.29) is 30.0 Å². The van der Waals surface area contributed by atoms with Crippen LogP contribution in [-0.4, -0.2) is 42.8 Å². The summed E-state index contributed by atoms with van der Waals surface area (Å²) in [6.07, 6.45) is 3.93. The summed E-state index contributed by atoms with van der Waals surface area (Å²) in [5, 5.41) is 5.97. The van der Waals surface area contributed by atoms with Crippen LogP contribution in [0.4, 0.5) is 14.0 Å². The third-order valence-electron chi connectivity index (χ3n) is 6.56. The predicted octanol–water partition coefficient (Wildman–Crippen LogP) is 4.79. The number of rotatable bonds is 7. The van der Waals surface area contributed by atoms with Gasteiger partial charge in [-0.15, -0.1) is 0 Å². The maximum atomic E-state index is 13.5. The van der Waals surface area contributed by atoms with Crippen LogP contribution in [-0.2, 0) is 11.2 Å². The monoisotopic (exact) mass is 453 g/mol. The van der Waals surface area contributed by atoms with E-state index in [0.29, 0.717) is 25.6 Å². The first-order valence-electron chi connectivity index (χ1n) is 11.9. The number of carbonyl (C=O) groups excluding carboxylic acids is 2. The summed E-state index contributed by atoms with van der Waals surface area (Å²) in [5.41, 5.74) is 3.20. The second-order valence-electron chi connectivity index (χ2n) is 8.95. The fourth-order valence-electron chi connectivity index (χ4n) is 4.66. The predicted molar refractivity (Wildman–Crippen MR) is 124 cm³/mol. The molecule has 2 N–H and O–H groups in total. The van der Waals surface area contributed by atoms with Gasteiger partial charge in [0.2, 0.25) is 0 Å². The summed E-state index contributed by atoms with van der Waals surface area (Å²) >= 11 is 0. The van der Waals surface area contributed by atoms with Crippen LogP contribution in [0.3, 0.4) is 0 Å². The standard InChI is InChI=1S/C26H32FN3O3/c1-2-3-14-33-26(32)28-17-18-15-22(16-18)29-25(31)30-13-12-19-6-4-5-7-23(19)24(30)20-8-10-21(27)11-9-20/h4-11,18,22,24H,2-3,12-17H2,1H3,(H,28,32)(H,29,31)/t18?,22?,24-/m0/s1. The van der Waals surface area contributed by atoms with Crippen LogP contribution in [0.5, 0.6) is 0 Å². The Morgan fingerprint density at radius 1 is 1.12 bits per heavy atom. The molecule has 1 atom stereocenters. The molecule has 1 heterocycles. The van der Waals surface area contributed by atoms with Crippen LogP contribution in [0.2, 0.25) is 0 Å². The van der Waals surface area contributed by atoms with Crippen LogP contribution < -0.4 is 10.6 Å². The smallest absolute Gasteiger partial charge is 0.407 e. The Balaban J connectivity index is 1.33. The number of fused-ring (bicyclic) bond motifs is 1. The molecule has 0 aromatic heterocycles. The molecular formula is C26H32FN3O3. The van der Waals surface area contributed by atoms with E-state index in [0.717, 1.165) is 43.2 Å². The zero-order chi connectivity index (χ0) is 23.2. The van der Waals surface area contributed by atoms with Gasteiger partial charge < -0.3 is 20.3 Å². The van der Waals surface area contributed by atoms with Crippen LogP contribution in [0.1, 0.15) is 55.3 Å². The van der Waals surface area contributed by atoms with Crippen molar-refractivity contribution in [3.63, 3.8) is 0 Å². The molecule has 176 valence electrons. The highest BCUT2D eigenvalue weighted by Crippen LogP contribution is 2.36. The highest BCUT2D eigenvalue weighted by Gasteiger charge is 2.36. The van der Waals surface area contributed by atoms with Crippen LogP contribution >= 0.6 is 0 Å². The summed E-state index contributed by atoms with van der Waals surface area (Å²) in [4.78, 5) is 26.8. The molecule has 0 unspecified atom stereocenters. The van der Waals surface area contributed by atoms with Gasteiger partial charge in [-0.3, -0.25) is 0 Å². The number of nitrogens with one attached hydrogen (secondary N) is 2. The third-order valence-corrected chi connectivity index (χ3v) is 6.56. The summed E-state index contributed by atoms with van der Waals surface area (Å²) in [5.74, 6) is 0.0474. The van der Waals surface area contributed by atoms with E-state index in [1.54, 1.807) is 12.1 Å². The molecule has 1 fully saturated rings. The molecule has 1 aliphatic heterocycles. The molecule has 0 radical (unpaired) electrons. The molecule has 0 saturated heterocycles. The van der Waals surface area contributed by atoms with Crippen molar-refractivity contribution in [2.45, 2.75) is 51.1 Å². The Labute approximate surface area is 194 Å². The highest BCUT2D eigenvalue weighted by molar-refractivity contribution is 5.76. The fraction of sp³-hybridized carbons (Fsp3) is 0.462. The van der Waals surface area contributed by atoms with Gasteiger partial charge in [0, 0.05) is 19.1 Å². The lowest BCUT2D eigenvalue weighted by Gasteiger charge is -2.41. The molecule has 2 aromatic carbocycles. The first kappa shape index (κ1) is 23.1. The van der Waals surface area contributed by atoms with Crippen molar-refractivity contribution in [2.75, 3.05) is 19.7 Å². The Morgan fingerprint density at radius 3 is 2.64 bits per heavy atom. The number of unbranched alkanes of at least 4 members (excludes halogenated alkanes) is 1. The van der Waals surface area contributed by atoms with Crippen molar-refractivity contribution in [3.8, 4) is 0 Å². The lowest BCUT2D eigenvalue weighted by molar-refractivity contribution is 0.134. The number of ether oxygens (including phenoxy) is 1. The summed E-state index contributed by atoms with van der Waals surface area (Å²) in [6.45, 7) is 3.66. The molecule has 2 aliphatic rings. The SMILES string of the molecule is CCCCOC(=O)NCC1CC(NC(=O)N2CCc3ccccc3[C@@H]2c2ccc(F)cc2)C1. The first-order valence-corrected chi connectivity index (χ1v) is 11.9. The van der Waals surface area contributed by atoms with Gasteiger partial charge in [-0.2, -0.15) is 0 Å². The number of urea groups is 1. The molecule has 1 saturated carbocycles. The maximum absolute atomic E-state index is 13.5. The molecule has 7 heteroatoms. The largest absolute Gasteiger partial charge is 0.450 e. The Morgan fingerprint density at radius 2 is 1.88 bits per heavy atom. The quantitative estimate of drug-likeness (QED) is 0.593. The minimum atomic E-state index is -0.370. The second kappa shape index (κ2) is 10.7. The Hall–Kier alpha value is -3.09. The Kier molecular flexibility index (Phi) is 7.47. The molecule has 2 aromatic rings. The average Bonchev–Trinajstić information content (AvgIpc) is 2.80. The van der Waals surface area contributed by atoms with Gasteiger partial charge in [-0.05, 0) is 60.4 Å². The molecular weight excluding hydrogens is 421 g/mol. The summed E-state index contributed by atoms with van der Waals surface area (Å²) < 4.78 is 18.6. The van der Waals surface area contributed by atoms with Gasteiger partial charge in [0.05, 0.1) is 12.6 Å². The van der Waals surface area contributed by atoms with Gasteiger partial charge in [-0.25, -0.2) is 14.0 Å². The van der Waals surface area contributed by atoms with Crippen molar-refractivity contribution in [1.82, 2.24) is 15.5 Å². The van der Waals surface area contributed by atoms with E-state index in [1.807, 2.05) is 23.1 Å². The Bertz CT molecular complexity index is 960. The molecule has 3 amide bonds. The first-order chi connectivity index (χ1) is 16.0. The number of hydrogen-bond donors (Lipinski definition) is 2. The van der Waals surface area contributed by atoms with Gasteiger partial charge >= 0.3 is 12.1 Å². The molecule has 4 rings (SSSR count). The lowest BCUT2D eigenvalue weighted by atomic mass is 9.80. The van der Waals surface area contributed by atoms with E-state index < -0.39 is 0 Å². The van der Waals surface area contributed by atoms with Crippen LogP contribution in [0, 0.1) is 11.7 Å². The second-order valence-corrected chi connectivity index (χ2v) is 8.95. The van der Waals surface area contributed by atoms with Gasteiger partial charge in [0.25, 0.3) is 0 Å². The maximum Gasteiger partial charge on any atom is 0.407 e. The number of nitrogens with zero attached hydrogens (tertiary/aromatic N) is 1. The lowest BCUT2D eigenvalue weighted by Crippen LogP contribution is -2.53.